The molecular weight excluding hydrogens is 236 g/mol. The zero-order chi connectivity index (χ0) is 13.1. The van der Waals surface area contributed by atoms with Crippen LogP contribution in [0.5, 0.6) is 0 Å². The highest BCUT2D eigenvalue weighted by Gasteiger charge is 2.10. The third kappa shape index (κ3) is 2.41. The maximum atomic E-state index is 10.4. The molecule has 94 valence electrons. The third-order valence-corrected chi connectivity index (χ3v) is 3.15. The van der Waals surface area contributed by atoms with Crippen LogP contribution in [0.3, 0.4) is 0 Å². The van der Waals surface area contributed by atoms with Crippen molar-refractivity contribution in [2.24, 2.45) is 0 Å². The van der Waals surface area contributed by atoms with Gasteiger partial charge in [0, 0.05) is 11.8 Å². The van der Waals surface area contributed by atoms with E-state index in [4.69, 9.17) is 0 Å². The van der Waals surface area contributed by atoms with Crippen molar-refractivity contribution in [3.63, 3.8) is 0 Å². The molecule has 0 amide bonds. The van der Waals surface area contributed by atoms with Crippen molar-refractivity contribution in [2.45, 2.75) is 6.10 Å². The summed E-state index contributed by atoms with van der Waals surface area (Å²) in [7, 11) is 0. The predicted octanol–water partition coefficient (Wildman–Crippen LogP) is 3.16. The summed E-state index contributed by atoms with van der Waals surface area (Å²) in [6, 6.07) is 17.5. The highest BCUT2D eigenvalue weighted by atomic mass is 16.3. The third-order valence-electron chi connectivity index (χ3n) is 3.15. The average Bonchev–Trinajstić information content (AvgIpc) is 3.02. The molecule has 0 spiro atoms. The number of H-pyrrole nitrogens is 1. The van der Waals surface area contributed by atoms with E-state index in [1.54, 1.807) is 6.20 Å². The smallest absolute Gasteiger partial charge is 0.104 e. The fourth-order valence-corrected chi connectivity index (χ4v) is 2.12. The molecule has 0 fully saturated rings. The van der Waals surface area contributed by atoms with Crippen LogP contribution in [0.4, 0.5) is 0 Å². The Morgan fingerprint density at radius 1 is 0.895 bits per heavy atom. The molecule has 0 aliphatic carbocycles. The second-order valence-electron chi connectivity index (χ2n) is 4.43. The van der Waals surface area contributed by atoms with Gasteiger partial charge in [-0.2, -0.15) is 5.10 Å². The summed E-state index contributed by atoms with van der Waals surface area (Å²) in [6.07, 6.45) is 3.01. The van der Waals surface area contributed by atoms with Gasteiger partial charge in [-0.1, -0.05) is 48.5 Å². The van der Waals surface area contributed by atoms with Gasteiger partial charge in [0.2, 0.25) is 0 Å². The predicted molar refractivity (Wildman–Crippen MR) is 74.5 cm³/mol. The number of hydrogen-bond donors (Lipinski definition) is 2. The molecule has 0 aliphatic heterocycles. The Kier molecular flexibility index (Phi) is 3.12. The first-order chi connectivity index (χ1) is 9.34. The number of nitrogens with zero attached hydrogens (tertiary/aromatic N) is 1. The Labute approximate surface area is 111 Å². The van der Waals surface area contributed by atoms with Crippen LogP contribution in [0.25, 0.3) is 11.1 Å². The molecule has 0 bridgehead atoms. The highest BCUT2D eigenvalue weighted by Crippen LogP contribution is 2.26. The van der Waals surface area contributed by atoms with Gasteiger partial charge in [0.05, 0.1) is 6.20 Å². The van der Waals surface area contributed by atoms with Crippen LogP contribution in [0.2, 0.25) is 0 Å². The summed E-state index contributed by atoms with van der Waals surface area (Å²) in [5, 5.41) is 17.1. The van der Waals surface area contributed by atoms with E-state index in [2.05, 4.69) is 10.2 Å². The second-order valence-corrected chi connectivity index (χ2v) is 4.43. The summed E-state index contributed by atoms with van der Waals surface area (Å²) in [4.78, 5) is 0. The number of aromatic amines is 1. The summed E-state index contributed by atoms with van der Waals surface area (Å²) >= 11 is 0. The lowest BCUT2D eigenvalue weighted by Gasteiger charge is -2.12. The molecule has 2 aromatic carbocycles. The van der Waals surface area contributed by atoms with Crippen molar-refractivity contribution in [1.29, 1.82) is 0 Å². The van der Waals surface area contributed by atoms with E-state index in [1.165, 1.54) is 0 Å². The van der Waals surface area contributed by atoms with E-state index in [0.29, 0.717) is 0 Å². The largest absolute Gasteiger partial charge is 0.384 e. The number of hydrogen-bond acceptors (Lipinski definition) is 2. The van der Waals surface area contributed by atoms with Gasteiger partial charge in [-0.3, -0.25) is 5.10 Å². The molecular formula is C16H14N2O. The van der Waals surface area contributed by atoms with E-state index >= 15 is 0 Å². The SMILES string of the molecule is OC(c1ccccc1)c1cccc(-c2cn[nH]c2)c1. The first-order valence-electron chi connectivity index (χ1n) is 6.17. The lowest BCUT2D eigenvalue weighted by Crippen LogP contribution is -1.99. The Bertz CT molecular complexity index is 648. The van der Waals surface area contributed by atoms with Crippen molar-refractivity contribution >= 4 is 0 Å². The molecule has 0 saturated heterocycles. The maximum absolute atomic E-state index is 10.4. The maximum Gasteiger partial charge on any atom is 0.104 e. The Morgan fingerprint density at radius 2 is 1.68 bits per heavy atom. The minimum Gasteiger partial charge on any atom is -0.384 e. The Morgan fingerprint density at radius 3 is 2.42 bits per heavy atom. The van der Waals surface area contributed by atoms with Crippen LogP contribution in [0.15, 0.2) is 67.0 Å². The highest BCUT2D eigenvalue weighted by molar-refractivity contribution is 5.62. The standard InChI is InChI=1S/C16H14N2O/c19-16(12-5-2-1-3-6-12)14-8-4-7-13(9-14)15-10-17-18-11-15/h1-11,16,19H,(H,17,18). The molecule has 3 rings (SSSR count). The number of aromatic nitrogens is 2. The van der Waals surface area contributed by atoms with Crippen LogP contribution in [-0.2, 0) is 0 Å². The van der Waals surface area contributed by atoms with Gasteiger partial charge >= 0.3 is 0 Å². The van der Waals surface area contributed by atoms with Gasteiger partial charge in [-0.15, -0.1) is 0 Å². The topological polar surface area (TPSA) is 48.9 Å². The fraction of sp³-hybridized carbons (Fsp3) is 0.0625. The van der Waals surface area contributed by atoms with Gasteiger partial charge in [0.25, 0.3) is 0 Å². The van der Waals surface area contributed by atoms with Crippen molar-refractivity contribution in [1.82, 2.24) is 10.2 Å². The molecule has 1 atom stereocenters. The first kappa shape index (κ1) is 11.7. The zero-order valence-electron chi connectivity index (χ0n) is 10.3. The lowest BCUT2D eigenvalue weighted by molar-refractivity contribution is 0.220. The zero-order valence-corrected chi connectivity index (χ0v) is 10.3. The van der Waals surface area contributed by atoms with Gasteiger partial charge in [0.1, 0.15) is 6.10 Å². The first-order valence-corrected chi connectivity index (χ1v) is 6.17. The van der Waals surface area contributed by atoms with Gasteiger partial charge < -0.3 is 5.11 Å². The van der Waals surface area contributed by atoms with Crippen LogP contribution in [0.1, 0.15) is 17.2 Å². The molecule has 0 radical (unpaired) electrons. The lowest BCUT2D eigenvalue weighted by atomic mass is 9.98. The van der Waals surface area contributed by atoms with Gasteiger partial charge in [-0.05, 0) is 22.8 Å². The molecule has 3 heteroatoms. The van der Waals surface area contributed by atoms with Crippen LogP contribution < -0.4 is 0 Å². The Hall–Kier alpha value is -2.39. The normalized spacial score (nSPS) is 12.3. The molecule has 1 unspecified atom stereocenters. The minimum atomic E-state index is -0.604. The summed E-state index contributed by atoms with van der Waals surface area (Å²) in [5.74, 6) is 0. The number of rotatable bonds is 3. The number of aliphatic hydroxyl groups excluding tert-OH is 1. The minimum absolute atomic E-state index is 0.604. The van der Waals surface area contributed by atoms with Gasteiger partial charge in [0.15, 0.2) is 0 Å². The second kappa shape index (κ2) is 5.08. The van der Waals surface area contributed by atoms with E-state index in [0.717, 1.165) is 22.3 Å². The number of aliphatic hydroxyl groups is 1. The fourth-order valence-electron chi connectivity index (χ4n) is 2.12. The van der Waals surface area contributed by atoms with Crippen molar-refractivity contribution in [3.05, 3.63) is 78.1 Å². The van der Waals surface area contributed by atoms with Gasteiger partial charge in [-0.25, -0.2) is 0 Å². The van der Waals surface area contributed by atoms with Crippen molar-refractivity contribution in [3.8, 4) is 11.1 Å². The molecule has 3 nitrogen and oxygen atoms in total. The van der Waals surface area contributed by atoms with Crippen molar-refractivity contribution < 1.29 is 5.11 Å². The van der Waals surface area contributed by atoms with E-state index in [9.17, 15) is 5.11 Å². The summed E-state index contributed by atoms with van der Waals surface area (Å²) in [6.45, 7) is 0. The number of nitrogens with one attached hydrogen (secondary N) is 1. The monoisotopic (exact) mass is 250 g/mol. The van der Waals surface area contributed by atoms with E-state index < -0.39 is 6.10 Å². The Balaban J connectivity index is 1.96. The van der Waals surface area contributed by atoms with E-state index in [-0.39, 0.29) is 0 Å². The quantitative estimate of drug-likeness (QED) is 0.750. The average molecular weight is 250 g/mol. The van der Waals surface area contributed by atoms with Crippen LogP contribution >= 0.6 is 0 Å². The molecule has 0 aliphatic rings. The van der Waals surface area contributed by atoms with E-state index in [1.807, 2.05) is 60.8 Å². The van der Waals surface area contributed by atoms with Crippen molar-refractivity contribution in [2.75, 3.05) is 0 Å². The molecule has 1 aromatic heterocycles. The summed E-state index contributed by atoms with van der Waals surface area (Å²) in [5.41, 5.74) is 3.83. The molecule has 2 N–H and O–H groups in total. The molecule has 0 saturated carbocycles. The number of benzene rings is 2. The van der Waals surface area contributed by atoms with Crippen LogP contribution in [-0.4, -0.2) is 15.3 Å². The molecule has 3 aromatic rings. The van der Waals surface area contributed by atoms with Crippen LogP contribution in [0, 0.1) is 0 Å². The molecule has 1 heterocycles. The summed E-state index contributed by atoms with van der Waals surface area (Å²) < 4.78 is 0. The molecule has 19 heavy (non-hydrogen) atoms.